The molecule has 2 aliphatic heterocycles. The molecule has 0 amide bonds. The molecule has 3 heteroatoms. The monoisotopic (exact) mass is 274 g/mol. The molecule has 0 radical (unpaired) electrons. The molecule has 0 N–H and O–H groups in total. The summed E-state index contributed by atoms with van der Waals surface area (Å²) in [4.78, 5) is 7.53. The van der Waals surface area contributed by atoms with E-state index in [1.807, 2.05) is 0 Å². The Labute approximate surface area is 122 Å². The Kier molecular flexibility index (Phi) is 4.69. The van der Waals surface area contributed by atoms with Crippen LogP contribution in [0.1, 0.15) is 55.5 Å². The van der Waals surface area contributed by atoms with Crippen molar-refractivity contribution in [3.63, 3.8) is 0 Å². The summed E-state index contributed by atoms with van der Waals surface area (Å²) < 4.78 is 5.57. The van der Waals surface area contributed by atoms with Crippen LogP contribution in [0.3, 0.4) is 0 Å². The SMILES string of the molecule is CCCc1ccc([C@@H]2CCOC2)c(CN2CCCC2)n1. The number of aromatic nitrogens is 1. The number of aryl methyl sites for hydroxylation is 1. The van der Waals surface area contributed by atoms with Gasteiger partial charge in [-0.2, -0.15) is 0 Å². The van der Waals surface area contributed by atoms with Crippen LogP contribution in [0.4, 0.5) is 0 Å². The van der Waals surface area contributed by atoms with Crippen LogP contribution >= 0.6 is 0 Å². The summed E-state index contributed by atoms with van der Waals surface area (Å²) in [5.41, 5.74) is 4.01. The summed E-state index contributed by atoms with van der Waals surface area (Å²) in [6, 6.07) is 4.55. The number of pyridine rings is 1. The maximum absolute atomic E-state index is 5.57. The smallest absolute Gasteiger partial charge is 0.0582 e. The highest BCUT2D eigenvalue weighted by molar-refractivity contribution is 5.28. The van der Waals surface area contributed by atoms with E-state index in [2.05, 4.69) is 24.0 Å². The second-order valence-corrected chi connectivity index (χ2v) is 6.13. The Morgan fingerprint density at radius 2 is 2.15 bits per heavy atom. The lowest BCUT2D eigenvalue weighted by atomic mass is 9.96. The van der Waals surface area contributed by atoms with E-state index < -0.39 is 0 Å². The molecule has 1 aromatic rings. The maximum Gasteiger partial charge on any atom is 0.0582 e. The second kappa shape index (κ2) is 6.68. The lowest BCUT2D eigenvalue weighted by molar-refractivity contribution is 0.193. The Hall–Kier alpha value is -0.930. The van der Waals surface area contributed by atoms with E-state index in [0.717, 1.165) is 32.6 Å². The summed E-state index contributed by atoms with van der Waals surface area (Å²) >= 11 is 0. The Morgan fingerprint density at radius 1 is 1.30 bits per heavy atom. The van der Waals surface area contributed by atoms with Gasteiger partial charge in [-0.25, -0.2) is 0 Å². The van der Waals surface area contributed by atoms with Gasteiger partial charge in [0.2, 0.25) is 0 Å². The fourth-order valence-electron chi connectivity index (χ4n) is 3.38. The molecular weight excluding hydrogens is 248 g/mol. The molecule has 1 atom stereocenters. The van der Waals surface area contributed by atoms with Gasteiger partial charge in [-0.1, -0.05) is 19.4 Å². The summed E-state index contributed by atoms with van der Waals surface area (Å²) in [5, 5.41) is 0. The first-order valence-corrected chi connectivity index (χ1v) is 8.15. The minimum atomic E-state index is 0.566. The molecule has 0 unspecified atom stereocenters. The zero-order valence-electron chi connectivity index (χ0n) is 12.6. The van der Waals surface area contributed by atoms with Crippen LogP contribution in [0.5, 0.6) is 0 Å². The van der Waals surface area contributed by atoms with Gasteiger partial charge < -0.3 is 4.74 Å². The number of likely N-dealkylation sites (tertiary alicyclic amines) is 1. The van der Waals surface area contributed by atoms with Gasteiger partial charge in [0.15, 0.2) is 0 Å². The topological polar surface area (TPSA) is 25.4 Å². The number of ether oxygens (including phenoxy) is 1. The van der Waals surface area contributed by atoms with E-state index in [-0.39, 0.29) is 0 Å². The molecule has 110 valence electrons. The Balaban J connectivity index is 1.82. The van der Waals surface area contributed by atoms with Gasteiger partial charge in [-0.05, 0) is 50.4 Å². The van der Waals surface area contributed by atoms with Crippen molar-refractivity contribution in [1.29, 1.82) is 0 Å². The number of rotatable bonds is 5. The quantitative estimate of drug-likeness (QED) is 0.825. The molecule has 2 fully saturated rings. The van der Waals surface area contributed by atoms with Crippen molar-refractivity contribution < 1.29 is 4.74 Å². The molecule has 2 aliphatic rings. The molecule has 0 aromatic carbocycles. The predicted octanol–water partition coefficient (Wildman–Crippen LogP) is 3.13. The fourth-order valence-corrected chi connectivity index (χ4v) is 3.38. The Bertz CT molecular complexity index is 435. The van der Waals surface area contributed by atoms with Gasteiger partial charge in [-0.3, -0.25) is 9.88 Å². The van der Waals surface area contributed by atoms with Crippen molar-refractivity contribution in [2.24, 2.45) is 0 Å². The number of nitrogens with zero attached hydrogens (tertiary/aromatic N) is 2. The van der Waals surface area contributed by atoms with Gasteiger partial charge in [0.25, 0.3) is 0 Å². The average Bonchev–Trinajstić information content (AvgIpc) is 3.12. The van der Waals surface area contributed by atoms with Crippen LogP contribution < -0.4 is 0 Å². The lowest BCUT2D eigenvalue weighted by Gasteiger charge is -2.20. The van der Waals surface area contributed by atoms with E-state index >= 15 is 0 Å². The molecule has 0 bridgehead atoms. The highest BCUT2D eigenvalue weighted by Gasteiger charge is 2.23. The third-order valence-electron chi connectivity index (χ3n) is 4.51. The third-order valence-corrected chi connectivity index (χ3v) is 4.51. The maximum atomic E-state index is 5.57. The average molecular weight is 274 g/mol. The van der Waals surface area contributed by atoms with Crippen LogP contribution in [0, 0.1) is 0 Å². The summed E-state index contributed by atoms with van der Waals surface area (Å²) in [7, 11) is 0. The van der Waals surface area contributed by atoms with Crippen molar-refractivity contribution in [2.75, 3.05) is 26.3 Å². The van der Waals surface area contributed by atoms with Crippen LogP contribution in [0.15, 0.2) is 12.1 Å². The summed E-state index contributed by atoms with van der Waals surface area (Å²) in [6.07, 6.45) is 6.10. The van der Waals surface area contributed by atoms with E-state index in [1.54, 1.807) is 0 Å². The minimum Gasteiger partial charge on any atom is -0.381 e. The van der Waals surface area contributed by atoms with Crippen LogP contribution in [0.2, 0.25) is 0 Å². The van der Waals surface area contributed by atoms with Crippen molar-refractivity contribution in [2.45, 2.75) is 51.5 Å². The summed E-state index contributed by atoms with van der Waals surface area (Å²) in [5.74, 6) is 0.566. The van der Waals surface area contributed by atoms with E-state index in [4.69, 9.17) is 9.72 Å². The highest BCUT2D eigenvalue weighted by atomic mass is 16.5. The van der Waals surface area contributed by atoms with E-state index in [9.17, 15) is 0 Å². The zero-order valence-corrected chi connectivity index (χ0v) is 12.6. The zero-order chi connectivity index (χ0) is 13.8. The molecule has 20 heavy (non-hydrogen) atoms. The number of hydrogen-bond acceptors (Lipinski definition) is 3. The van der Waals surface area contributed by atoms with Crippen molar-refractivity contribution in [1.82, 2.24) is 9.88 Å². The van der Waals surface area contributed by atoms with Crippen molar-refractivity contribution in [3.05, 3.63) is 29.1 Å². The lowest BCUT2D eigenvalue weighted by Crippen LogP contribution is -2.21. The molecule has 2 saturated heterocycles. The molecule has 3 nitrogen and oxygen atoms in total. The first kappa shape index (κ1) is 14.0. The van der Waals surface area contributed by atoms with E-state index in [1.165, 1.54) is 49.3 Å². The molecule has 3 heterocycles. The summed E-state index contributed by atoms with van der Waals surface area (Å²) in [6.45, 7) is 7.51. The van der Waals surface area contributed by atoms with Gasteiger partial charge in [0, 0.05) is 24.8 Å². The first-order valence-electron chi connectivity index (χ1n) is 8.15. The Morgan fingerprint density at radius 3 is 2.85 bits per heavy atom. The molecule has 3 rings (SSSR count). The largest absolute Gasteiger partial charge is 0.381 e. The van der Waals surface area contributed by atoms with Gasteiger partial charge in [0.1, 0.15) is 0 Å². The molecule has 0 aliphatic carbocycles. The van der Waals surface area contributed by atoms with Crippen LogP contribution in [-0.4, -0.2) is 36.2 Å². The van der Waals surface area contributed by atoms with E-state index in [0.29, 0.717) is 5.92 Å². The van der Waals surface area contributed by atoms with Crippen LogP contribution in [-0.2, 0) is 17.7 Å². The second-order valence-electron chi connectivity index (χ2n) is 6.13. The van der Waals surface area contributed by atoms with Crippen LogP contribution in [0.25, 0.3) is 0 Å². The first-order chi connectivity index (χ1) is 9.86. The standard InChI is InChI=1S/C17H26N2O/c1-2-5-15-6-7-16(14-8-11-20-13-14)17(18-15)12-19-9-3-4-10-19/h6-7,14H,2-5,8-13H2,1H3/t14-/m1/s1. The molecule has 0 spiro atoms. The van der Waals surface area contributed by atoms with Gasteiger partial charge in [0.05, 0.1) is 12.3 Å². The van der Waals surface area contributed by atoms with Gasteiger partial charge in [-0.15, -0.1) is 0 Å². The third kappa shape index (κ3) is 3.21. The molecular formula is C17H26N2O. The van der Waals surface area contributed by atoms with Crippen molar-refractivity contribution in [3.8, 4) is 0 Å². The molecule has 1 aromatic heterocycles. The fraction of sp³-hybridized carbons (Fsp3) is 0.706. The number of hydrogen-bond donors (Lipinski definition) is 0. The normalized spacial score (nSPS) is 23.6. The van der Waals surface area contributed by atoms with Gasteiger partial charge >= 0.3 is 0 Å². The predicted molar refractivity (Wildman–Crippen MR) is 80.9 cm³/mol. The highest BCUT2D eigenvalue weighted by Crippen LogP contribution is 2.29. The van der Waals surface area contributed by atoms with Crippen molar-refractivity contribution >= 4 is 0 Å². The molecule has 0 saturated carbocycles. The minimum absolute atomic E-state index is 0.566.